The van der Waals surface area contributed by atoms with Crippen molar-refractivity contribution in [2.24, 2.45) is 5.10 Å². The summed E-state index contributed by atoms with van der Waals surface area (Å²) in [6, 6.07) is 25.8. The molecule has 168 valence electrons. The molecule has 1 aliphatic rings. The zero-order chi connectivity index (χ0) is 23.7. The Morgan fingerprint density at radius 3 is 2.29 bits per heavy atom. The zero-order valence-electron chi connectivity index (χ0n) is 18.6. The van der Waals surface area contributed by atoms with Crippen LogP contribution in [0, 0.1) is 0 Å². The summed E-state index contributed by atoms with van der Waals surface area (Å²) >= 11 is 4.86. The predicted molar refractivity (Wildman–Crippen MR) is 144 cm³/mol. The molecule has 0 bridgehead atoms. The van der Waals surface area contributed by atoms with E-state index in [1.54, 1.807) is 0 Å². The first-order valence-corrected chi connectivity index (χ1v) is 12.4. The summed E-state index contributed by atoms with van der Waals surface area (Å²) in [6.45, 7) is 0. The van der Waals surface area contributed by atoms with E-state index in [1.165, 1.54) is 16.3 Å². The second kappa shape index (κ2) is 9.37. The van der Waals surface area contributed by atoms with Gasteiger partial charge in [0, 0.05) is 40.8 Å². The van der Waals surface area contributed by atoms with E-state index in [0.717, 1.165) is 32.5 Å². The summed E-state index contributed by atoms with van der Waals surface area (Å²) < 4.78 is 1.01. The van der Waals surface area contributed by atoms with Gasteiger partial charge in [0.2, 0.25) is 5.13 Å². The van der Waals surface area contributed by atoms with Crippen molar-refractivity contribution in [3.05, 3.63) is 105 Å². The van der Waals surface area contributed by atoms with Crippen LogP contribution >= 0.6 is 27.3 Å². The quantitative estimate of drug-likeness (QED) is 0.279. The van der Waals surface area contributed by atoms with Gasteiger partial charge in [-0.2, -0.15) is 10.1 Å². The number of carbonyl (C=O) groups is 1. The Morgan fingerprint density at radius 1 is 0.912 bits per heavy atom. The number of hydrazone groups is 1. The van der Waals surface area contributed by atoms with Crippen LogP contribution in [0.4, 0.5) is 10.8 Å². The molecule has 1 aromatic heterocycles. The minimum atomic E-state index is -0.188. The molecule has 0 saturated carbocycles. The van der Waals surface area contributed by atoms with Crippen LogP contribution < -0.4 is 9.91 Å². The van der Waals surface area contributed by atoms with Gasteiger partial charge in [0.05, 0.1) is 11.3 Å². The van der Waals surface area contributed by atoms with E-state index in [-0.39, 0.29) is 5.91 Å². The first kappa shape index (κ1) is 22.3. The summed E-state index contributed by atoms with van der Waals surface area (Å²) in [6.07, 6.45) is 1.90. The molecule has 0 spiro atoms. The number of carbonyl (C=O) groups excluding carboxylic acids is 1. The van der Waals surface area contributed by atoms with Crippen molar-refractivity contribution >= 4 is 55.8 Å². The highest BCUT2D eigenvalue weighted by Gasteiger charge is 2.33. The van der Waals surface area contributed by atoms with E-state index in [0.29, 0.717) is 16.4 Å². The van der Waals surface area contributed by atoms with Gasteiger partial charge in [-0.15, -0.1) is 11.3 Å². The molecular weight excluding hydrogens is 508 g/mol. The number of anilines is 2. The summed E-state index contributed by atoms with van der Waals surface area (Å²) in [4.78, 5) is 20.3. The molecule has 4 aromatic rings. The molecule has 0 radical (unpaired) electrons. The zero-order valence-corrected chi connectivity index (χ0v) is 21.0. The topological polar surface area (TPSA) is 48.8 Å². The first-order chi connectivity index (χ1) is 16.5. The second-order valence-corrected chi connectivity index (χ2v) is 9.75. The molecule has 5 rings (SSSR count). The highest BCUT2D eigenvalue weighted by atomic mass is 79.9. The Bertz CT molecular complexity index is 1390. The van der Waals surface area contributed by atoms with E-state index in [9.17, 15) is 4.79 Å². The fourth-order valence-corrected chi connectivity index (χ4v) is 4.68. The van der Waals surface area contributed by atoms with E-state index >= 15 is 0 Å². The van der Waals surface area contributed by atoms with Crippen molar-refractivity contribution in [2.75, 3.05) is 24.0 Å². The molecule has 1 aliphatic heterocycles. The molecule has 0 atom stereocenters. The monoisotopic (exact) mass is 528 g/mol. The Morgan fingerprint density at radius 2 is 1.62 bits per heavy atom. The smallest absolute Gasteiger partial charge is 0.283 e. The fourth-order valence-electron chi connectivity index (χ4n) is 3.63. The lowest BCUT2D eigenvalue weighted by Crippen LogP contribution is -2.21. The molecule has 7 heteroatoms. The SMILES string of the molecule is CN(C)c1ccc(/C=C2\C(=O)N(c3nc(-c4ccc(Br)cc4)cs3)N=C2c2ccccc2)cc1. The van der Waals surface area contributed by atoms with Gasteiger partial charge in [-0.1, -0.05) is 70.5 Å². The molecule has 5 nitrogen and oxygen atoms in total. The number of nitrogens with zero attached hydrogens (tertiary/aromatic N) is 4. The number of hydrogen-bond acceptors (Lipinski definition) is 5. The first-order valence-electron chi connectivity index (χ1n) is 10.7. The third-order valence-electron chi connectivity index (χ3n) is 5.46. The summed E-state index contributed by atoms with van der Waals surface area (Å²) in [5.74, 6) is -0.188. The van der Waals surface area contributed by atoms with Gasteiger partial charge in [-0.25, -0.2) is 4.98 Å². The maximum absolute atomic E-state index is 13.6. The van der Waals surface area contributed by atoms with Gasteiger partial charge in [-0.3, -0.25) is 4.79 Å². The maximum Gasteiger partial charge on any atom is 0.283 e. The van der Waals surface area contributed by atoms with E-state index in [4.69, 9.17) is 10.1 Å². The van der Waals surface area contributed by atoms with Gasteiger partial charge in [0.1, 0.15) is 5.71 Å². The van der Waals surface area contributed by atoms with Crippen molar-refractivity contribution < 1.29 is 4.79 Å². The van der Waals surface area contributed by atoms with Crippen molar-refractivity contribution in [1.82, 2.24) is 4.98 Å². The average molecular weight is 529 g/mol. The Hall–Kier alpha value is -3.55. The molecule has 2 heterocycles. The van der Waals surface area contributed by atoms with E-state index in [1.807, 2.05) is 109 Å². The van der Waals surface area contributed by atoms with Crippen LogP contribution in [0.5, 0.6) is 0 Å². The van der Waals surface area contributed by atoms with Crippen LogP contribution in [-0.4, -0.2) is 30.7 Å². The lowest BCUT2D eigenvalue weighted by molar-refractivity contribution is -0.114. The Kier molecular flexibility index (Phi) is 6.13. The van der Waals surface area contributed by atoms with Crippen molar-refractivity contribution in [3.8, 4) is 11.3 Å². The molecule has 0 N–H and O–H groups in total. The number of hydrogen-bond donors (Lipinski definition) is 0. The van der Waals surface area contributed by atoms with Crippen LogP contribution in [0.1, 0.15) is 11.1 Å². The second-order valence-electron chi connectivity index (χ2n) is 8.00. The minimum absolute atomic E-state index is 0.188. The Labute approximate surface area is 210 Å². The highest BCUT2D eigenvalue weighted by molar-refractivity contribution is 9.10. The van der Waals surface area contributed by atoms with Crippen LogP contribution in [-0.2, 0) is 4.79 Å². The molecule has 0 aliphatic carbocycles. The predicted octanol–water partition coefficient (Wildman–Crippen LogP) is 6.47. The molecule has 0 fully saturated rings. The van der Waals surface area contributed by atoms with Crippen molar-refractivity contribution in [1.29, 1.82) is 0 Å². The average Bonchev–Trinajstić information content (AvgIpc) is 3.46. The molecule has 34 heavy (non-hydrogen) atoms. The van der Waals surface area contributed by atoms with Crippen LogP contribution in [0.25, 0.3) is 17.3 Å². The molecule has 0 unspecified atom stereocenters. The summed E-state index contributed by atoms with van der Waals surface area (Å²) in [5, 5.41) is 8.62. The molecule has 1 amide bonds. The third kappa shape index (κ3) is 4.44. The van der Waals surface area contributed by atoms with E-state index < -0.39 is 0 Å². The van der Waals surface area contributed by atoms with Gasteiger partial charge in [0.15, 0.2) is 0 Å². The molecule has 3 aromatic carbocycles. The Balaban J connectivity index is 1.53. The van der Waals surface area contributed by atoms with Gasteiger partial charge < -0.3 is 4.90 Å². The lowest BCUT2D eigenvalue weighted by Gasteiger charge is -2.12. The third-order valence-corrected chi connectivity index (χ3v) is 6.80. The number of aromatic nitrogens is 1. The van der Waals surface area contributed by atoms with Crippen LogP contribution in [0.3, 0.4) is 0 Å². The van der Waals surface area contributed by atoms with Crippen molar-refractivity contribution in [2.45, 2.75) is 0 Å². The molecular formula is C27H21BrN4OS. The number of rotatable bonds is 5. The number of halogens is 1. The number of benzene rings is 3. The van der Waals surface area contributed by atoms with E-state index in [2.05, 4.69) is 15.9 Å². The normalized spacial score (nSPS) is 14.6. The minimum Gasteiger partial charge on any atom is -0.378 e. The highest BCUT2D eigenvalue weighted by Crippen LogP contribution is 2.33. The molecule has 0 saturated heterocycles. The standard InChI is InChI=1S/C27H21BrN4OS/c1-31(2)22-14-8-18(9-15-22)16-23-25(20-6-4-3-5-7-20)30-32(26(23)33)27-29-24(17-34-27)19-10-12-21(28)13-11-19/h3-17H,1-2H3/b23-16-. The number of thiazole rings is 1. The fraction of sp³-hybridized carbons (Fsp3) is 0.0741. The number of amides is 1. The maximum atomic E-state index is 13.6. The lowest BCUT2D eigenvalue weighted by atomic mass is 10.0. The largest absolute Gasteiger partial charge is 0.378 e. The van der Waals surface area contributed by atoms with Crippen LogP contribution in [0.2, 0.25) is 0 Å². The summed E-state index contributed by atoms with van der Waals surface area (Å²) in [5.41, 5.74) is 5.91. The summed E-state index contributed by atoms with van der Waals surface area (Å²) in [7, 11) is 4.01. The van der Waals surface area contributed by atoms with Gasteiger partial charge in [0.25, 0.3) is 5.91 Å². The van der Waals surface area contributed by atoms with Gasteiger partial charge in [-0.05, 0) is 35.9 Å². The van der Waals surface area contributed by atoms with Gasteiger partial charge >= 0.3 is 0 Å². The van der Waals surface area contributed by atoms with Crippen molar-refractivity contribution in [3.63, 3.8) is 0 Å². The van der Waals surface area contributed by atoms with Crippen LogP contribution in [0.15, 0.2) is 99.4 Å².